The zero-order valence-corrected chi connectivity index (χ0v) is 10.7. The Morgan fingerprint density at radius 2 is 2.06 bits per heavy atom. The van der Waals surface area contributed by atoms with Crippen molar-refractivity contribution in [2.45, 2.75) is 36.5 Å². The normalized spacial score (nSPS) is 17.2. The lowest BCUT2D eigenvalue weighted by atomic mass is 9.96. The summed E-state index contributed by atoms with van der Waals surface area (Å²) in [4.78, 5) is 8.82. The highest BCUT2D eigenvalue weighted by Crippen LogP contribution is 2.29. The third-order valence-electron chi connectivity index (χ3n) is 2.29. The predicted molar refractivity (Wildman–Crippen MR) is 65.6 cm³/mol. The first-order valence-corrected chi connectivity index (χ1v) is 6.22. The first kappa shape index (κ1) is 11.7. The lowest BCUT2D eigenvalue weighted by Gasteiger charge is -2.25. The van der Waals surface area contributed by atoms with E-state index in [1.807, 2.05) is 6.07 Å². The van der Waals surface area contributed by atoms with Gasteiger partial charge in [0.25, 0.3) is 0 Å². The van der Waals surface area contributed by atoms with Crippen molar-refractivity contribution >= 4 is 17.6 Å². The number of nitrogens with zero attached hydrogens (tertiary/aromatic N) is 2. The third kappa shape index (κ3) is 2.65. The Labute approximate surface area is 100.0 Å². The van der Waals surface area contributed by atoms with E-state index in [2.05, 4.69) is 30.7 Å². The Balaban J connectivity index is 2.21. The molecule has 0 atom stereocenters. The van der Waals surface area contributed by atoms with E-state index < -0.39 is 0 Å². The van der Waals surface area contributed by atoms with Crippen LogP contribution in [0.2, 0.25) is 0 Å². The number of thioether (sulfide) groups is 1. The Hall–Kier alpha value is -0.810. The number of nitrogen functional groups attached to an aromatic ring is 1. The van der Waals surface area contributed by atoms with Crippen LogP contribution >= 0.6 is 11.8 Å². The second-order valence-corrected chi connectivity index (χ2v) is 6.30. The maximum Gasteiger partial charge on any atom is 0.137 e. The van der Waals surface area contributed by atoms with Crippen molar-refractivity contribution in [3.8, 4) is 0 Å². The number of aromatic nitrogens is 2. The van der Waals surface area contributed by atoms with Crippen molar-refractivity contribution in [1.29, 1.82) is 0 Å². The number of hydrogen-bond donors (Lipinski definition) is 1. The average Bonchev–Trinajstić information content (AvgIpc) is 2.09. The van der Waals surface area contributed by atoms with Crippen LogP contribution in [0.4, 0.5) is 5.82 Å². The fraction of sp³-hybridized carbons (Fsp3) is 0.636. The summed E-state index contributed by atoms with van der Waals surface area (Å²) in [5, 5.41) is 1.47. The van der Waals surface area contributed by atoms with Crippen molar-refractivity contribution in [3.05, 3.63) is 11.9 Å². The summed E-state index contributed by atoms with van der Waals surface area (Å²) in [7, 11) is 0. The molecule has 2 rings (SSSR count). The van der Waals surface area contributed by atoms with Crippen molar-refractivity contribution in [2.24, 2.45) is 0 Å². The highest BCUT2D eigenvalue weighted by molar-refractivity contribution is 8.00. The van der Waals surface area contributed by atoms with Crippen molar-refractivity contribution in [3.63, 3.8) is 0 Å². The lowest BCUT2D eigenvalue weighted by molar-refractivity contribution is 0.0454. The maximum absolute atomic E-state index is 5.80. The molecule has 1 fully saturated rings. The second kappa shape index (κ2) is 4.22. The Kier molecular flexibility index (Phi) is 3.08. The van der Waals surface area contributed by atoms with E-state index in [9.17, 15) is 0 Å². The SMILES string of the molecule is CC(C)(C)c1nc(N)cc(SC2COC2)n1. The molecule has 4 nitrogen and oxygen atoms in total. The zero-order chi connectivity index (χ0) is 11.8. The topological polar surface area (TPSA) is 61.0 Å². The maximum atomic E-state index is 5.80. The van der Waals surface area contributed by atoms with Gasteiger partial charge >= 0.3 is 0 Å². The molecule has 1 aromatic rings. The molecule has 2 heterocycles. The van der Waals surface area contributed by atoms with Gasteiger partial charge in [-0.1, -0.05) is 32.5 Å². The van der Waals surface area contributed by atoms with Crippen LogP contribution < -0.4 is 5.73 Å². The minimum Gasteiger partial charge on any atom is -0.384 e. The molecule has 0 radical (unpaired) electrons. The van der Waals surface area contributed by atoms with E-state index in [1.54, 1.807) is 11.8 Å². The molecule has 0 saturated carbocycles. The highest BCUT2D eigenvalue weighted by atomic mass is 32.2. The van der Waals surface area contributed by atoms with Crippen LogP contribution in [0.5, 0.6) is 0 Å². The van der Waals surface area contributed by atoms with Gasteiger partial charge in [-0.3, -0.25) is 0 Å². The first-order chi connectivity index (χ1) is 7.45. The van der Waals surface area contributed by atoms with Gasteiger partial charge in [-0.25, -0.2) is 9.97 Å². The Morgan fingerprint density at radius 3 is 2.56 bits per heavy atom. The standard InChI is InChI=1S/C11H17N3OS/c1-11(2,3)10-13-8(12)4-9(14-10)16-7-5-15-6-7/h4,7H,5-6H2,1-3H3,(H2,12,13,14). The van der Waals surface area contributed by atoms with E-state index in [4.69, 9.17) is 10.5 Å². The first-order valence-electron chi connectivity index (χ1n) is 5.34. The van der Waals surface area contributed by atoms with Crippen LogP contribution in [0.25, 0.3) is 0 Å². The molecule has 0 unspecified atom stereocenters. The molecule has 1 saturated heterocycles. The molecule has 0 spiro atoms. The van der Waals surface area contributed by atoms with Crippen LogP contribution in [0.3, 0.4) is 0 Å². The molecular formula is C11H17N3OS. The summed E-state index contributed by atoms with van der Waals surface area (Å²) >= 11 is 1.72. The van der Waals surface area contributed by atoms with Crippen LogP contribution in [0.1, 0.15) is 26.6 Å². The summed E-state index contributed by atoms with van der Waals surface area (Å²) in [6.07, 6.45) is 0. The number of anilines is 1. The Bertz CT molecular complexity index is 385. The smallest absolute Gasteiger partial charge is 0.137 e. The van der Waals surface area contributed by atoms with E-state index in [-0.39, 0.29) is 5.41 Å². The fourth-order valence-electron chi connectivity index (χ4n) is 1.29. The average molecular weight is 239 g/mol. The van der Waals surface area contributed by atoms with Gasteiger partial charge < -0.3 is 10.5 Å². The zero-order valence-electron chi connectivity index (χ0n) is 9.86. The van der Waals surface area contributed by atoms with Gasteiger partial charge in [-0.15, -0.1) is 0 Å². The van der Waals surface area contributed by atoms with Gasteiger partial charge in [0, 0.05) is 11.5 Å². The fourth-order valence-corrected chi connectivity index (χ4v) is 2.29. The van der Waals surface area contributed by atoms with Gasteiger partial charge in [-0.2, -0.15) is 0 Å². The summed E-state index contributed by atoms with van der Waals surface area (Å²) in [5.74, 6) is 1.35. The number of ether oxygens (including phenoxy) is 1. The van der Waals surface area contributed by atoms with Gasteiger partial charge in [0.15, 0.2) is 0 Å². The number of nitrogens with two attached hydrogens (primary N) is 1. The van der Waals surface area contributed by atoms with Crippen LogP contribution in [-0.4, -0.2) is 28.4 Å². The largest absolute Gasteiger partial charge is 0.384 e. The lowest BCUT2D eigenvalue weighted by Crippen LogP contribution is -2.30. The number of rotatable bonds is 2. The molecule has 0 amide bonds. The van der Waals surface area contributed by atoms with Gasteiger partial charge in [-0.05, 0) is 0 Å². The molecule has 0 aromatic carbocycles. The van der Waals surface area contributed by atoms with Crippen molar-refractivity contribution in [2.75, 3.05) is 18.9 Å². The monoisotopic (exact) mass is 239 g/mol. The summed E-state index contributed by atoms with van der Waals surface area (Å²) in [6.45, 7) is 7.87. The predicted octanol–water partition coefficient (Wildman–Crippen LogP) is 1.85. The van der Waals surface area contributed by atoms with E-state index in [0.29, 0.717) is 11.1 Å². The van der Waals surface area contributed by atoms with E-state index in [0.717, 1.165) is 24.1 Å². The molecule has 16 heavy (non-hydrogen) atoms. The molecular weight excluding hydrogens is 222 g/mol. The van der Waals surface area contributed by atoms with E-state index >= 15 is 0 Å². The van der Waals surface area contributed by atoms with Gasteiger partial charge in [0.2, 0.25) is 0 Å². The van der Waals surface area contributed by atoms with Crippen molar-refractivity contribution in [1.82, 2.24) is 9.97 Å². The van der Waals surface area contributed by atoms with Crippen LogP contribution in [0, 0.1) is 0 Å². The van der Waals surface area contributed by atoms with E-state index in [1.165, 1.54) is 0 Å². The number of hydrogen-bond acceptors (Lipinski definition) is 5. The van der Waals surface area contributed by atoms with Gasteiger partial charge in [0.1, 0.15) is 16.7 Å². The molecule has 1 aromatic heterocycles. The molecule has 88 valence electrons. The highest BCUT2D eigenvalue weighted by Gasteiger charge is 2.23. The third-order valence-corrected chi connectivity index (χ3v) is 3.34. The minimum atomic E-state index is -0.0686. The van der Waals surface area contributed by atoms with Gasteiger partial charge in [0.05, 0.1) is 18.5 Å². The Morgan fingerprint density at radius 1 is 1.38 bits per heavy atom. The second-order valence-electron chi connectivity index (χ2n) is 4.98. The molecule has 0 bridgehead atoms. The molecule has 2 N–H and O–H groups in total. The summed E-state index contributed by atoms with van der Waals surface area (Å²) in [6, 6.07) is 1.83. The van der Waals surface area contributed by atoms with Crippen LogP contribution in [-0.2, 0) is 10.2 Å². The molecule has 1 aliphatic heterocycles. The minimum absolute atomic E-state index is 0.0686. The van der Waals surface area contributed by atoms with Crippen LogP contribution in [0.15, 0.2) is 11.1 Å². The molecule has 0 aliphatic carbocycles. The molecule has 1 aliphatic rings. The molecule has 5 heteroatoms. The van der Waals surface area contributed by atoms with Crippen molar-refractivity contribution < 1.29 is 4.74 Å². The quantitative estimate of drug-likeness (QED) is 0.798. The summed E-state index contributed by atoms with van der Waals surface area (Å²) < 4.78 is 5.14. The summed E-state index contributed by atoms with van der Waals surface area (Å²) in [5.41, 5.74) is 5.73.